The predicted molar refractivity (Wildman–Crippen MR) is 134 cm³/mol. The van der Waals surface area contributed by atoms with Crippen molar-refractivity contribution >= 4 is 34.4 Å². The van der Waals surface area contributed by atoms with Crippen molar-refractivity contribution in [2.75, 3.05) is 0 Å². The molecule has 0 bridgehead atoms. The molecule has 0 saturated carbocycles. The summed E-state index contributed by atoms with van der Waals surface area (Å²) in [6.07, 6.45) is -1.27. The maximum atomic E-state index is 12.9. The second-order valence-electron chi connectivity index (χ2n) is 8.95. The van der Waals surface area contributed by atoms with Crippen molar-refractivity contribution in [1.82, 2.24) is 9.80 Å². The highest BCUT2D eigenvalue weighted by molar-refractivity contribution is 14.1. The van der Waals surface area contributed by atoms with Gasteiger partial charge in [0, 0.05) is 24.2 Å². The highest BCUT2D eigenvalue weighted by Gasteiger charge is 2.29. The zero-order valence-corrected chi connectivity index (χ0v) is 22.8. The van der Waals surface area contributed by atoms with E-state index in [9.17, 15) is 9.59 Å². The molecule has 0 saturated heterocycles. The van der Waals surface area contributed by atoms with Gasteiger partial charge in [0.2, 0.25) is 0 Å². The zero-order chi connectivity index (χ0) is 24.0. The first kappa shape index (κ1) is 27.5. The molecular weight excluding hydrogens is 507 g/mol. The van der Waals surface area contributed by atoms with Gasteiger partial charge in [0.15, 0.2) is 12.2 Å². The van der Waals surface area contributed by atoms with Gasteiger partial charge in [-0.2, -0.15) is 0 Å². The smallest absolute Gasteiger partial charge is 0.263 e. The van der Waals surface area contributed by atoms with E-state index in [2.05, 4.69) is 22.6 Å². The van der Waals surface area contributed by atoms with Crippen molar-refractivity contribution in [3.05, 3.63) is 21.8 Å². The van der Waals surface area contributed by atoms with Crippen molar-refractivity contribution in [2.24, 2.45) is 0 Å². The number of ether oxygens (including phenoxy) is 2. The van der Waals surface area contributed by atoms with Gasteiger partial charge in [0.25, 0.3) is 11.8 Å². The summed E-state index contributed by atoms with van der Waals surface area (Å²) in [6, 6.07) is 5.79. The van der Waals surface area contributed by atoms with E-state index in [0.717, 1.165) is 3.57 Å². The molecule has 0 unspecified atom stereocenters. The van der Waals surface area contributed by atoms with E-state index >= 15 is 0 Å². The summed E-state index contributed by atoms with van der Waals surface area (Å²) >= 11 is 2.14. The quantitative estimate of drug-likeness (QED) is 0.383. The monoisotopic (exact) mass is 546 g/mol. The molecule has 1 aromatic rings. The van der Waals surface area contributed by atoms with Gasteiger partial charge in [-0.1, -0.05) is 6.07 Å². The van der Waals surface area contributed by atoms with E-state index in [1.54, 1.807) is 13.8 Å². The fourth-order valence-electron chi connectivity index (χ4n) is 3.78. The van der Waals surface area contributed by atoms with Crippen LogP contribution in [0.5, 0.6) is 11.5 Å². The molecule has 0 aliphatic rings. The summed E-state index contributed by atoms with van der Waals surface area (Å²) in [5.41, 5.74) is 0. The molecule has 0 aliphatic heterocycles. The number of carbonyl (C=O) groups excluding carboxylic acids is 2. The van der Waals surface area contributed by atoms with Crippen LogP contribution in [0.2, 0.25) is 0 Å². The van der Waals surface area contributed by atoms with Crippen molar-refractivity contribution in [1.29, 1.82) is 0 Å². The summed E-state index contributed by atoms with van der Waals surface area (Å²) in [5, 5.41) is 0. The molecular formula is C24H39IN2O4. The minimum absolute atomic E-state index is 0.0554. The Hall–Kier alpha value is -1.51. The third kappa shape index (κ3) is 7.26. The molecule has 6 nitrogen and oxygen atoms in total. The van der Waals surface area contributed by atoms with Gasteiger partial charge in [-0.05, 0) is 104 Å². The van der Waals surface area contributed by atoms with Crippen LogP contribution >= 0.6 is 22.6 Å². The highest BCUT2D eigenvalue weighted by atomic mass is 127. The van der Waals surface area contributed by atoms with Gasteiger partial charge in [-0.3, -0.25) is 9.59 Å². The van der Waals surface area contributed by atoms with Crippen LogP contribution in [-0.4, -0.2) is 58.0 Å². The number of hydrogen-bond donors (Lipinski definition) is 0. The topological polar surface area (TPSA) is 59.1 Å². The molecule has 31 heavy (non-hydrogen) atoms. The van der Waals surface area contributed by atoms with Gasteiger partial charge in [0.05, 0.1) is 3.57 Å². The molecule has 176 valence electrons. The van der Waals surface area contributed by atoms with E-state index in [1.165, 1.54) is 0 Å². The third-order valence-corrected chi connectivity index (χ3v) is 6.03. The molecule has 2 amide bonds. The lowest BCUT2D eigenvalue weighted by Crippen LogP contribution is -2.48. The van der Waals surface area contributed by atoms with Crippen molar-refractivity contribution in [3.8, 4) is 11.5 Å². The van der Waals surface area contributed by atoms with E-state index in [4.69, 9.17) is 9.47 Å². The van der Waals surface area contributed by atoms with Gasteiger partial charge in [0.1, 0.15) is 11.5 Å². The molecule has 1 aromatic carbocycles. The van der Waals surface area contributed by atoms with Crippen molar-refractivity contribution < 1.29 is 19.1 Å². The molecule has 0 spiro atoms. The van der Waals surface area contributed by atoms with Crippen LogP contribution in [0.4, 0.5) is 0 Å². The maximum absolute atomic E-state index is 12.9. The molecule has 0 fully saturated rings. The minimum Gasteiger partial charge on any atom is -0.480 e. The fraction of sp³-hybridized carbons (Fsp3) is 0.667. The molecule has 0 aliphatic carbocycles. The van der Waals surface area contributed by atoms with Crippen LogP contribution in [0, 0.1) is 3.57 Å². The Bertz CT molecular complexity index is 675. The fourth-order valence-corrected chi connectivity index (χ4v) is 4.40. The van der Waals surface area contributed by atoms with Gasteiger partial charge in [-0.25, -0.2) is 0 Å². The Morgan fingerprint density at radius 1 is 0.677 bits per heavy atom. The largest absolute Gasteiger partial charge is 0.480 e. The van der Waals surface area contributed by atoms with Crippen molar-refractivity contribution in [3.63, 3.8) is 0 Å². The van der Waals surface area contributed by atoms with Crippen LogP contribution in [0.25, 0.3) is 0 Å². The summed E-state index contributed by atoms with van der Waals surface area (Å²) in [5.74, 6) is 1.02. The van der Waals surface area contributed by atoms with Crippen LogP contribution in [0.3, 0.4) is 0 Å². The minimum atomic E-state index is -0.634. The lowest BCUT2D eigenvalue weighted by Gasteiger charge is -2.33. The molecule has 0 heterocycles. The van der Waals surface area contributed by atoms with Gasteiger partial charge >= 0.3 is 0 Å². The molecule has 0 aromatic heterocycles. The number of carbonyl (C=O) groups is 2. The Kier molecular flexibility index (Phi) is 10.6. The molecule has 0 N–H and O–H groups in total. The average Bonchev–Trinajstić information content (AvgIpc) is 2.63. The second kappa shape index (κ2) is 11.9. The van der Waals surface area contributed by atoms with E-state index < -0.39 is 12.2 Å². The normalized spacial score (nSPS) is 13.5. The van der Waals surface area contributed by atoms with Crippen LogP contribution in [0.15, 0.2) is 18.2 Å². The summed E-state index contributed by atoms with van der Waals surface area (Å²) in [7, 11) is 0. The SMILES string of the molecule is CC(C)N(C(=O)[C@H](C)Oc1cccc(O[C@@H](C)C(=O)N(C(C)C)C(C)C)c1I)C(C)C. The second-order valence-corrected chi connectivity index (χ2v) is 10.0. The first-order valence-corrected chi connectivity index (χ1v) is 12.1. The first-order valence-electron chi connectivity index (χ1n) is 11.1. The number of hydrogen-bond acceptors (Lipinski definition) is 4. The average molecular weight is 546 g/mol. The van der Waals surface area contributed by atoms with Crippen LogP contribution < -0.4 is 9.47 Å². The Labute approximate surface area is 201 Å². The first-order chi connectivity index (χ1) is 14.3. The third-order valence-electron chi connectivity index (χ3n) is 4.97. The Morgan fingerprint density at radius 2 is 0.968 bits per heavy atom. The number of halogens is 1. The van der Waals surface area contributed by atoms with Crippen molar-refractivity contribution in [2.45, 2.75) is 106 Å². The van der Waals surface area contributed by atoms with E-state index in [-0.39, 0.29) is 36.0 Å². The Morgan fingerprint density at radius 3 is 1.23 bits per heavy atom. The zero-order valence-electron chi connectivity index (χ0n) is 20.6. The molecule has 2 atom stereocenters. The summed E-state index contributed by atoms with van der Waals surface area (Å²) in [4.78, 5) is 29.5. The summed E-state index contributed by atoms with van der Waals surface area (Å²) < 4.78 is 12.8. The lowest BCUT2D eigenvalue weighted by atomic mass is 10.2. The van der Waals surface area contributed by atoms with E-state index in [1.807, 2.05) is 83.4 Å². The maximum Gasteiger partial charge on any atom is 0.263 e. The van der Waals surface area contributed by atoms with Gasteiger partial charge < -0.3 is 19.3 Å². The lowest BCUT2D eigenvalue weighted by molar-refractivity contribution is -0.142. The molecule has 1 rings (SSSR count). The molecule has 0 radical (unpaired) electrons. The number of rotatable bonds is 10. The summed E-state index contributed by atoms with van der Waals surface area (Å²) in [6.45, 7) is 19.5. The standard InChI is InChI=1S/C24H39IN2O4/c1-14(2)26(15(3)4)23(28)18(9)30-20-12-11-13-21(22(20)25)31-19(10)24(29)27(16(5)6)17(7)8/h11-19H,1-10H3/t18-,19-/m0/s1. The number of amides is 2. The van der Waals surface area contributed by atoms with E-state index in [0.29, 0.717) is 11.5 Å². The molecule has 7 heteroatoms. The number of benzene rings is 1. The van der Waals surface area contributed by atoms with Gasteiger partial charge in [-0.15, -0.1) is 0 Å². The van der Waals surface area contributed by atoms with Crippen LogP contribution in [0.1, 0.15) is 69.2 Å². The van der Waals surface area contributed by atoms with Crippen LogP contribution in [-0.2, 0) is 9.59 Å². The predicted octanol–water partition coefficient (Wildman–Crippen LogP) is 5.12. The Balaban J connectivity index is 3.01. The number of nitrogens with zero attached hydrogens (tertiary/aromatic N) is 2. The highest BCUT2D eigenvalue weighted by Crippen LogP contribution is 2.32.